The predicted octanol–water partition coefficient (Wildman–Crippen LogP) is 2.50. The lowest BCUT2D eigenvalue weighted by atomic mass is 10.1. The van der Waals surface area contributed by atoms with Gasteiger partial charge in [0.25, 0.3) is 0 Å². The molecule has 1 aromatic carbocycles. The van der Waals surface area contributed by atoms with Crippen LogP contribution in [0.15, 0.2) is 12.1 Å². The number of hydrogen-bond donors (Lipinski definition) is 2. The number of nitrogens with zero attached hydrogens (tertiary/aromatic N) is 3. The van der Waals surface area contributed by atoms with Gasteiger partial charge in [0.15, 0.2) is 0 Å². The Kier molecular flexibility index (Phi) is 5.34. The van der Waals surface area contributed by atoms with Crippen LogP contribution in [0.25, 0.3) is 0 Å². The van der Waals surface area contributed by atoms with E-state index < -0.39 is 28.8 Å². The van der Waals surface area contributed by atoms with Crippen molar-refractivity contribution in [1.82, 2.24) is 9.80 Å². The van der Waals surface area contributed by atoms with Gasteiger partial charge in [-0.1, -0.05) is 11.6 Å². The summed E-state index contributed by atoms with van der Waals surface area (Å²) < 4.78 is 19.0. The summed E-state index contributed by atoms with van der Waals surface area (Å²) in [5, 5.41) is -0.105. The van der Waals surface area contributed by atoms with Crippen LogP contribution in [0.5, 0.6) is 0 Å². The molecule has 0 saturated carbocycles. The monoisotopic (exact) mass is 379 g/mol. The molecule has 0 aromatic heterocycles. The Morgan fingerprint density at radius 1 is 1.30 bits per heavy atom. The number of urea groups is 1. The van der Waals surface area contributed by atoms with Crippen LogP contribution in [0.3, 0.4) is 0 Å². The van der Waals surface area contributed by atoms with Gasteiger partial charge in [0, 0.05) is 7.05 Å². The smallest absolute Gasteiger partial charge is 0.339 e. The second-order valence-corrected chi connectivity index (χ2v) is 6.23. The largest absolute Gasteiger partial charge is 0.465 e. The zero-order valence-corrected chi connectivity index (χ0v) is 15.1. The van der Waals surface area contributed by atoms with E-state index in [0.29, 0.717) is 0 Å². The van der Waals surface area contributed by atoms with Gasteiger partial charge in [-0.3, -0.25) is 4.90 Å². The fraction of sp³-hybridized carbons (Fsp3) is 0.385. The number of carbonyl (C=O) groups excluding carboxylic acids is 2. The maximum atomic E-state index is 14.4. The van der Waals surface area contributed by atoms with Crippen molar-refractivity contribution in [2.75, 3.05) is 26.1 Å². The standard InChI is InChI=1S/C13H15ClFN3O3S2/c1-16-11(20)18(13(23)17(2)12(16)22)9-4-6(10(19)21-3)7(14)5-8(9)15/h4-5,12-13,22-23H,1-3H3. The number of amides is 2. The van der Waals surface area contributed by atoms with Gasteiger partial charge in [0.05, 0.1) is 23.4 Å². The third kappa shape index (κ3) is 3.10. The molecule has 1 saturated heterocycles. The summed E-state index contributed by atoms with van der Waals surface area (Å²) in [6.07, 6.45) is 0. The average molecular weight is 380 g/mol. The molecular formula is C13H15ClFN3O3S2. The molecular weight excluding hydrogens is 365 g/mol. The number of anilines is 1. The molecule has 1 aliphatic rings. The minimum Gasteiger partial charge on any atom is -0.465 e. The lowest BCUT2D eigenvalue weighted by Crippen LogP contribution is -2.63. The molecule has 0 aliphatic carbocycles. The van der Waals surface area contributed by atoms with Gasteiger partial charge in [-0.25, -0.2) is 18.9 Å². The number of methoxy groups -OCH3 is 1. The summed E-state index contributed by atoms with van der Waals surface area (Å²) in [5.74, 6) is -1.49. The number of rotatable bonds is 2. The third-order valence-electron chi connectivity index (χ3n) is 3.52. The summed E-state index contributed by atoms with van der Waals surface area (Å²) in [6.45, 7) is 0. The van der Waals surface area contributed by atoms with E-state index in [-0.39, 0.29) is 16.3 Å². The maximum absolute atomic E-state index is 14.4. The topological polar surface area (TPSA) is 53.1 Å². The molecule has 2 unspecified atom stereocenters. The average Bonchev–Trinajstić information content (AvgIpc) is 2.52. The number of ether oxygens (including phenoxy) is 1. The molecule has 0 radical (unpaired) electrons. The Balaban J connectivity index is 2.56. The van der Waals surface area contributed by atoms with E-state index in [1.807, 2.05) is 0 Å². The van der Waals surface area contributed by atoms with Gasteiger partial charge in [0.2, 0.25) is 0 Å². The molecule has 2 amide bonds. The van der Waals surface area contributed by atoms with Crippen LogP contribution in [-0.4, -0.2) is 54.0 Å². The van der Waals surface area contributed by atoms with E-state index in [1.54, 1.807) is 11.9 Å². The summed E-state index contributed by atoms with van der Waals surface area (Å²) >= 11 is 14.5. The van der Waals surface area contributed by atoms with E-state index in [0.717, 1.165) is 11.0 Å². The Bertz CT molecular complexity index is 664. The zero-order valence-electron chi connectivity index (χ0n) is 12.5. The molecule has 6 nitrogen and oxygen atoms in total. The quantitative estimate of drug-likeness (QED) is 0.612. The Hall–Kier alpha value is -1.16. The second kappa shape index (κ2) is 6.76. The molecule has 0 N–H and O–H groups in total. The summed E-state index contributed by atoms with van der Waals surface area (Å²) in [4.78, 5) is 28.3. The SMILES string of the molecule is COC(=O)c1cc(N2C(=O)N(C)C(S)N(C)C2S)c(F)cc1Cl. The highest BCUT2D eigenvalue weighted by atomic mass is 35.5. The van der Waals surface area contributed by atoms with Gasteiger partial charge in [-0.05, 0) is 19.2 Å². The molecule has 1 aromatic rings. The van der Waals surface area contributed by atoms with E-state index in [9.17, 15) is 14.0 Å². The number of thiol groups is 2. The number of halogens is 2. The molecule has 2 atom stereocenters. The Morgan fingerprint density at radius 3 is 2.48 bits per heavy atom. The van der Waals surface area contributed by atoms with Crippen molar-refractivity contribution in [2.45, 2.75) is 11.0 Å². The van der Waals surface area contributed by atoms with E-state index in [1.165, 1.54) is 25.1 Å². The summed E-state index contributed by atoms with van der Waals surface area (Å²) in [7, 11) is 4.39. The fourth-order valence-corrected chi connectivity index (χ4v) is 3.07. The van der Waals surface area contributed by atoms with Gasteiger partial charge in [0.1, 0.15) is 16.8 Å². The second-order valence-electron chi connectivity index (χ2n) is 4.90. The summed E-state index contributed by atoms with van der Waals surface area (Å²) in [5.41, 5.74) is -1.46. The van der Waals surface area contributed by atoms with E-state index in [2.05, 4.69) is 30.0 Å². The third-order valence-corrected chi connectivity index (χ3v) is 5.13. The number of benzene rings is 1. The minimum atomic E-state index is -0.776. The zero-order chi connectivity index (χ0) is 17.5. The maximum Gasteiger partial charge on any atom is 0.339 e. The highest BCUT2D eigenvalue weighted by molar-refractivity contribution is 7.81. The van der Waals surface area contributed by atoms with Crippen molar-refractivity contribution in [3.63, 3.8) is 0 Å². The van der Waals surface area contributed by atoms with Gasteiger partial charge in [-0.15, -0.1) is 25.3 Å². The predicted molar refractivity (Wildman–Crippen MR) is 91.7 cm³/mol. The van der Waals surface area contributed by atoms with Crippen LogP contribution in [-0.2, 0) is 4.74 Å². The first kappa shape index (κ1) is 18.2. The molecule has 1 heterocycles. The van der Waals surface area contributed by atoms with Crippen molar-refractivity contribution in [3.8, 4) is 0 Å². The van der Waals surface area contributed by atoms with Crippen LogP contribution < -0.4 is 4.90 Å². The number of carbonyl (C=O) groups is 2. The molecule has 2 rings (SSSR count). The fourth-order valence-electron chi connectivity index (χ4n) is 2.16. The highest BCUT2D eigenvalue weighted by Crippen LogP contribution is 2.34. The van der Waals surface area contributed by atoms with Crippen LogP contribution in [0.4, 0.5) is 14.9 Å². The van der Waals surface area contributed by atoms with Gasteiger partial charge < -0.3 is 9.64 Å². The molecule has 126 valence electrons. The van der Waals surface area contributed by atoms with Crippen molar-refractivity contribution >= 4 is 54.5 Å². The first-order chi connectivity index (χ1) is 10.7. The Labute approximate surface area is 148 Å². The van der Waals surface area contributed by atoms with Crippen LogP contribution in [0, 0.1) is 5.82 Å². The highest BCUT2D eigenvalue weighted by Gasteiger charge is 2.40. The van der Waals surface area contributed by atoms with Crippen molar-refractivity contribution in [2.24, 2.45) is 0 Å². The molecule has 1 aliphatic heterocycles. The summed E-state index contributed by atoms with van der Waals surface area (Å²) in [6, 6.07) is 1.62. The van der Waals surface area contributed by atoms with Gasteiger partial charge in [-0.2, -0.15) is 0 Å². The van der Waals surface area contributed by atoms with E-state index in [4.69, 9.17) is 11.6 Å². The van der Waals surface area contributed by atoms with E-state index >= 15 is 0 Å². The molecule has 1 fully saturated rings. The molecule has 0 spiro atoms. The first-order valence-electron chi connectivity index (χ1n) is 6.42. The lowest BCUT2D eigenvalue weighted by molar-refractivity contribution is 0.0600. The lowest BCUT2D eigenvalue weighted by Gasteiger charge is -2.47. The van der Waals surface area contributed by atoms with Crippen molar-refractivity contribution < 1.29 is 18.7 Å². The molecule has 0 bridgehead atoms. The van der Waals surface area contributed by atoms with Crippen LogP contribution in [0.2, 0.25) is 5.02 Å². The molecule has 10 heteroatoms. The Morgan fingerprint density at radius 2 is 1.91 bits per heavy atom. The van der Waals surface area contributed by atoms with Crippen LogP contribution in [0.1, 0.15) is 10.4 Å². The van der Waals surface area contributed by atoms with Crippen molar-refractivity contribution in [1.29, 1.82) is 0 Å². The first-order valence-corrected chi connectivity index (χ1v) is 7.83. The van der Waals surface area contributed by atoms with Crippen LogP contribution >= 0.6 is 36.9 Å². The van der Waals surface area contributed by atoms with Gasteiger partial charge >= 0.3 is 12.0 Å². The normalized spacial score (nSPS) is 22.5. The molecule has 23 heavy (non-hydrogen) atoms. The minimum absolute atomic E-state index is 0.0443. The number of esters is 1. The van der Waals surface area contributed by atoms with Crippen molar-refractivity contribution in [3.05, 3.63) is 28.5 Å². The number of hydrogen-bond acceptors (Lipinski definition) is 6.